The maximum absolute atomic E-state index is 11.5. The summed E-state index contributed by atoms with van der Waals surface area (Å²) in [6, 6.07) is 0.277. The molecule has 4 nitrogen and oxygen atoms in total. The normalized spacial score (nSPS) is 20.9. The Bertz CT molecular complexity index is 360. The highest BCUT2D eigenvalue weighted by molar-refractivity contribution is 7.90. The van der Waals surface area contributed by atoms with Gasteiger partial charge in [-0.2, -0.15) is 0 Å². The molecule has 1 unspecified atom stereocenters. The van der Waals surface area contributed by atoms with E-state index in [1.54, 1.807) is 0 Å². The van der Waals surface area contributed by atoms with Crippen LogP contribution in [0.1, 0.15) is 45.4 Å². The molecule has 1 N–H and O–H groups in total. The van der Waals surface area contributed by atoms with Crippen LogP contribution < -0.4 is 5.32 Å². The Hall–Kier alpha value is -0.130. The average molecular weight is 290 g/mol. The molecule has 1 aliphatic carbocycles. The van der Waals surface area contributed by atoms with Gasteiger partial charge >= 0.3 is 0 Å². The summed E-state index contributed by atoms with van der Waals surface area (Å²) in [5.41, 5.74) is 0.139. The van der Waals surface area contributed by atoms with Gasteiger partial charge in [-0.3, -0.25) is 0 Å². The third kappa shape index (κ3) is 4.72. The van der Waals surface area contributed by atoms with Crippen LogP contribution in [0.25, 0.3) is 0 Å². The van der Waals surface area contributed by atoms with Crippen LogP contribution in [-0.2, 0) is 9.84 Å². The van der Waals surface area contributed by atoms with Gasteiger partial charge in [-0.1, -0.05) is 19.8 Å². The second-order valence-electron chi connectivity index (χ2n) is 6.13. The lowest BCUT2D eigenvalue weighted by molar-refractivity contribution is 0.103. The van der Waals surface area contributed by atoms with E-state index in [1.807, 2.05) is 0 Å². The second-order valence-corrected chi connectivity index (χ2v) is 8.39. The maximum atomic E-state index is 11.5. The molecular formula is C14H30N2O2S. The first-order valence-corrected chi connectivity index (χ1v) is 9.46. The third-order valence-electron chi connectivity index (χ3n) is 4.43. The number of sulfone groups is 1. The Balaban J connectivity index is 2.81. The number of rotatable bonds is 8. The van der Waals surface area contributed by atoms with Gasteiger partial charge in [-0.15, -0.1) is 0 Å². The van der Waals surface area contributed by atoms with Crippen molar-refractivity contribution in [3.63, 3.8) is 0 Å². The molecule has 19 heavy (non-hydrogen) atoms. The molecule has 0 bridgehead atoms. The van der Waals surface area contributed by atoms with Gasteiger partial charge in [-0.25, -0.2) is 8.42 Å². The van der Waals surface area contributed by atoms with Crippen molar-refractivity contribution in [3.8, 4) is 0 Å². The van der Waals surface area contributed by atoms with Gasteiger partial charge in [0, 0.05) is 17.8 Å². The molecule has 0 amide bonds. The zero-order chi connectivity index (χ0) is 14.5. The van der Waals surface area contributed by atoms with E-state index >= 15 is 0 Å². The molecule has 0 heterocycles. The summed E-state index contributed by atoms with van der Waals surface area (Å²) in [6.45, 7) is 3.11. The fourth-order valence-electron chi connectivity index (χ4n) is 3.31. The molecular weight excluding hydrogens is 260 g/mol. The summed E-state index contributed by atoms with van der Waals surface area (Å²) in [5, 5.41) is 3.60. The van der Waals surface area contributed by atoms with Crippen molar-refractivity contribution in [1.82, 2.24) is 10.2 Å². The van der Waals surface area contributed by atoms with E-state index in [4.69, 9.17) is 0 Å². The van der Waals surface area contributed by atoms with Crippen molar-refractivity contribution in [2.24, 2.45) is 0 Å². The summed E-state index contributed by atoms with van der Waals surface area (Å²) in [6.07, 6.45) is 7.98. The number of hydrogen-bond acceptors (Lipinski definition) is 4. The van der Waals surface area contributed by atoms with Crippen LogP contribution in [0.2, 0.25) is 0 Å². The minimum atomic E-state index is -2.88. The molecule has 1 atom stereocenters. The zero-order valence-electron chi connectivity index (χ0n) is 12.9. The lowest BCUT2D eigenvalue weighted by atomic mass is 9.85. The Morgan fingerprint density at radius 1 is 1.26 bits per heavy atom. The molecule has 1 aliphatic rings. The fraction of sp³-hybridized carbons (Fsp3) is 1.00. The topological polar surface area (TPSA) is 49.4 Å². The first kappa shape index (κ1) is 16.9. The quantitative estimate of drug-likeness (QED) is 0.739. The molecule has 0 aromatic rings. The monoisotopic (exact) mass is 290 g/mol. The smallest absolute Gasteiger partial charge is 0.147 e. The Morgan fingerprint density at radius 2 is 1.84 bits per heavy atom. The molecule has 0 saturated heterocycles. The Kier molecular flexibility index (Phi) is 6.27. The lowest BCUT2D eigenvalue weighted by Gasteiger charge is -2.44. The van der Waals surface area contributed by atoms with E-state index in [1.165, 1.54) is 31.9 Å². The fourth-order valence-corrected chi connectivity index (χ4v) is 3.97. The van der Waals surface area contributed by atoms with Crippen LogP contribution in [-0.4, -0.2) is 57.5 Å². The van der Waals surface area contributed by atoms with Gasteiger partial charge in [0.2, 0.25) is 0 Å². The van der Waals surface area contributed by atoms with Crippen LogP contribution in [0.4, 0.5) is 0 Å². The number of nitrogens with one attached hydrogen (secondary N) is 1. The predicted molar refractivity (Wildman–Crippen MR) is 81.3 cm³/mol. The van der Waals surface area contributed by atoms with E-state index in [0.29, 0.717) is 0 Å². The summed E-state index contributed by atoms with van der Waals surface area (Å²) in [7, 11) is 1.38. The molecule has 0 aromatic heterocycles. The highest BCUT2D eigenvalue weighted by Crippen LogP contribution is 2.37. The van der Waals surface area contributed by atoms with Gasteiger partial charge in [0.15, 0.2) is 0 Å². The first-order chi connectivity index (χ1) is 8.82. The van der Waals surface area contributed by atoms with Crippen molar-refractivity contribution >= 4 is 9.84 Å². The first-order valence-electron chi connectivity index (χ1n) is 7.40. The molecule has 1 saturated carbocycles. The zero-order valence-corrected chi connectivity index (χ0v) is 13.7. The predicted octanol–water partition coefficient (Wildman–Crippen LogP) is 1.66. The van der Waals surface area contributed by atoms with Crippen molar-refractivity contribution in [2.45, 2.75) is 57.0 Å². The van der Waals surface area contributed by atoms with Gasteiger partial charge in [0.1, 0.15) is 9.84 Å². The molecule has 114 valence electrons. The number of hydrogen-bond donors (Lipinski definition) is 1. The van der Waals surface area contributed by atoms with Crippen LogP contribution >= 0.6 is 0 Å². The molecule has 1 rings (SSSR count). The SMILES string of the molecule is CCCNC(CCS(C)(=O)=O)C1(N(C)C)CCCC1. The number of nitrogens with zero attached hydrogens (tertiary/aromatic N) is 1. The van der Waals surface area contributed by atoms with Crippen LogP contribution in [0, 0.1) is 0 Å². The maximum Gasteiger partial charge on any atom is 0.147 e. The van der Waals surface area contributed by atoms with Gasteiger partial charge in [-0.05, 0) is 46.3 Å². The van der Waals surface area contributed by atoms with Gasteiger partial charge in [0.25, 0.3) is 0 Å². The standard InChI is InChI=1S/C14H30N2O2S/c1-5-11-15-13(8-12-19(4,17)18)14(16(2)3)9-6-7-10-14/h13,15H,5-12H2,1-4H3. The highest BCUT2D eigenvalue weighted by Gasteiger charge is 2.42. The molecule has 0 radical (unpaired) electrons. The third-order valence-corrected chi connectivity index (χ3v) is 5.40. The minimum Gasteiger partial charge on any atom is -0.312 e. The van der Waals surface area contributed by atoms with Crippen LogP contribution in [0.15, 0.2) is 0 Å². The van der Waals surface area contributed by atoms with Gasteiger partial charge < -0.3 is 10.2 Å². The molecule has 1 fully saturated rings. The van der Waals surface area contributed by atoms with Crippen molar-refractivity contribution in [3.05, 3.63) is 0 Å². The minimum absolute atomic E-state index is 0.139. The second kappa shape index (κ2) is 7.04. The highest BCUT2D eigenvalue weighted by atomic mass is 32.2. The lowest BCUT2D eigenvalue weighted by Crippen LogP contribution is -2.58. The molecule has 5 heteroatoms. The molecule has 0 aromatic carbocycles. The van der Waals surface area contributed by atoms with Crippen LogP contribution in [0.5, 0.6) is 0 Å². The largest absolute Gasteiger partial charge is 0.312 e. The number of likely N-dealkylation sites (N-methyl/N-ethyl adjacent to an activating group) is 1. The molecule has 0 spiro atoms. The summed E-state index contributed by atoms with van der Waals surface area (Å²) in [5.74, 6) is 0.282. The Morgan fingerprint density at radius 3 is 2.26 bits per heavy atom. The van der Waals surface area contributed by atoms with Crippen molar-refractivity contribution in [1.29, 1.82) is 0 Å². The van der Waals surface area contributed by atoms with E-state index in [-0.39, 0.29) is 17.3 Å². The van der Waals surface area contributed by atoms with E-state index in [2.05, 4.69) is 31.2 Å². The molecule has 0 aliphatic heterocycles. The Labute approximate surface area is 118 Å². The van der Waals surface area contributed by atoms with Crippen LogP contribution in [0.3, 0.4) is 0 Å². The average Bonchev–Trinajstić information content (AvgIpc) is 2.78. The van der Waals surface area contributed by atoms with Crippen molar-refractivity contribution < 1.29 is 8.42 Å². The van der Waals surface area contributed by atoms with E-state index in [0.717, 1.165) is 19.4 Å². The van der Waals surface area contributed by atoms with E-state index in [9.17, 15) is 8.42 Å². The summed E-state index contributed by atoms with van der Waals surface area (Å²) >= 11 is 0. The summed E-state index contributed by atoms with van der Waals surface area (Å²) in [4.78, 5) is 2.32. The van der Waals surface area contributed by atoms with Crippen molar-refractivity contribution in [2.75, 3.05) is 32.6 Å². The van der Waals surface area contributed by atoms with E-state index < -0.39 is 9.84 Å². The summed E-state index contributed by atoms with van der Waals surface area (Å²) < 4.78 is 22.9. The van der Waals surface area contributed by atoms with Gasteiger partial charge in [0.05, 0.1) is 5.75 Å².